The van der Waals surface area contributed by atoms with Crippen molar-refractivity contribution in [3.05, 3.63) is 16.1 Å². The number of aromatic nitrogens is 1. The Balaban J connectivity index is 2.57. The topological polar surface area (TPSA) is 50.9 Å². The summed E-state index contributed by atoms with van der Waals surface area (Å²) in [7, 11) is 0. The monoisotopic (exact) mass is 227 g/mol. The molecule has 4 heteroatoms. The van der Waals surface area contributed by atoms with Gasteiger partial charge in [0, 0.05) is 11.1 Å². The van der Waals surface area contributed by atoms with Crippen molar-refractivity contribution in [1.29, 1.82) is 0 Å². The number of hydrogen-bond donors (Lipinski definition) is 2. The first-order valence-corrected chi connectivity index (χ1v) is 6.12. The van der Waals surface area contributed by atoms with Crippen LogP contribution in [0.1, 0.15) is 49.5 Å². The largest absolute Gasteiger partial charge is 0.271 e. The van der Waals surface area contributed by atoms with Crippen LogP contribution in [-0.4, -0.2) is 4.98 Å². The Morgan fingerprint density at radius 3 is 2.60 bits per heavy atom. The summed E-state index contributed by atoms with van der Waals surface area (Å²) in [6, 6.07) is 0.246. The molecule has 0 fully saturated rings. The highest BCUT2D eigenvalue weighted by Gasteiger charge is 2.17. The van der Waals surface area contributed by atoms with E-state index in [0.29, 0.717) is 5.41 Å². The van der Waals surface area contributed by atoms with E-state index in [0.717, 1.165) is 17.8 Å². The van der Waals surface area contributed by atoms with Gasteiger partial charge in [0.2, 0.25) is 0 Å². The summed E-state index contributed by atoms with van der Waals surface area (Å²) in [5.41, 5.74) is 3.23. The molecule has 0 aliphatic carbocycles. The molecule has 0 saturated carbocycles. The third kappa shape index (κ3) is 4.28. The number of rotatable bonds is 4. The fraction of sp³-hybridized carbons (Fsp3) is 0.727. The lowest BCUT2D eigenvalue weighted by atomic mass is 9.88. The average Bonchev–Trinajstić information content (AvgIpc) is 2.51. The van der Waals surface area contributed by atoms with Gasteiger partial charge in [-0.2, -0.15) is 0 Å². The molecule has 1 heterocycles. The predicted molar refractivity (Wildman–Crippen MR) is 65.6 cm³/mol. The Hall–Kier alpha value is -0.450. The smallest absolute Gasteiger partial charge is 0.0897 e. The first kappa shape index (κ1) is 12.6. The Bertz CT molecular complexity index is 301. The quantitative estimate of drug-likeness (QED) is 0.614. The maximum Gasteiger partial charge on any atom is 0.0897 e. The van der Waals surface area contributed by atoms with E-state index in [2.05, 4.69) is 31.2 Å². The maximum atomic E-state index is 5.57. The fourth-order valence-electron chi connectivity index (χ4n) is 1.42. The summed E-state index contributed by atoms with van der Waals surface area (Å²) in [6.07, 6.45) is 4.13. The summed E-state index contributed by atoms with van der Waals surface area (Å²) in [5.74, 6) is 5.57. The van der Waals surface area contributed by atoms with Gasteiger partial charge >= 0.3 is 0 Å². The third-order valence-corrected chi connectivity index (χ3v) is 3.39. The Morgan fingerprint density at radius 1 is 1.53 bits per heavy atom. The second-order valence-electron chi connectivity index (χ2n) is 5.10. The normalized spacial score (nSPS) is 14.2. The molecule has 0 bridgehead atoms. The predicted octanol–water partition coefficient (Wildman–Crippen LogP) is 2.78. The van der Waals surface area contributed by atoms with Crippen LogP contribution in [0.2, 0.25) is 0 Å². The second-order valence-corrected chi connectivity index (χ2v) is 6.37. The summed E-state index contributed by atoms with van der Waals surface area (Å²) >= 11 is 1.72. The van der Waals surface area contributed by atoms with E-state index in [1.54, 1.807) is 11.3 Å². The zero-order valence-corrected chi connectivity index (χ0v) is 10.8. The molecular weight excluding hydrogens is 206 g/mol. The van der Waals surface area contributed by atoms with Crippen LogP contribution in [0.15, 0.2) is 6.20 Å². The van der Waals surface area contributed by atoms with Crippen molar-refractivity contribution in [3.63, 3.8) is 0 Å². The SMILES string of the molecule is Cc1ncc(C(CCC(C)(C)C)NN)s1. The van der Waals surface area contributed by atoms with Crippen LogP contribution in [0.5, 0.6) is 0 Å². The van der Waals surface area contributed by atoms with Gasteiger partial charge in [-0.25, -0.2) is 4.98 Å². The van der Waals surface area contributed by atoms with Crippen molar-refractivity contribution >= 4 is 11.3 Å². The van der Waals surface area contributed by atoms with Gasteiger partial charge in [-0.05, 0) is 25.2 Å². The molecule has 1 rings (SSSR count). The molecular formula is C11H21N3S. The molecule has 0 aliphatic rings. The van der Waals surface area contributed by atoms with Crippen LogP contribution in [-0.2, 0) is 0 Å². The number of hydrazine groups is 1. The average molecular weight is 227 g/mol. The lowest BCUT2D eigenvalue weighted by molar-refractivity contribution is 0.335. The van der Waals surface area contributed by atoms with E-state index in [-0.39, 0.29) is 6.04 Å². The summed E-state index contributed by atoms with van der Waals surface area (Å²) in [5, 5.41) is 1.10. The van der Waals surface area contributed by atoms with Gasteiger partial charge in [-0.3, -0.25) is 11.3 Å². The molecule has 86 valence electrons. The Labute approximate surface area is 96.1 Å². The standard InChI is InChI=1S/C11H21N3S/c1-8-13-7-10(15-8)9(14-12)5-6-11(2,3)4/h7,9,14H,5-6,12H2,1-4H3. The van der Waals surface area contributed by atoms with Crippen LogP contribution in [0.4, 0.5) is 0 Å². The van der Waals surface area contributed by atoms with Gasteiger partial charge in [-0.1, -0.05) is 20.8 Å². The van der Waals surface area contributed by atoms with Crippen molar-refractivity contribution in [3.8, 4) is 0 Å². The molecule has 1 aromatic heterocycles. The third-order valence-electron chi connectivity index (χ3n) is 2.37. The van der Waals surface area contributed by atoms with E-state index in [1.165, 1.54) is 4.88 Å². The Kier molecular flexibility index (Phi) is 4.25. The molecule has 3 nitrogen and oxygen atoms in total. The molecule has 0 saturated heterocycles. The summed E-state index contributed by atoms with van der Waals surface area (Å²) in [4.78, 5) is 5.49. The fourth-order valence-corrected chi connectivity index (χ4v) is 2.30. The van der Waals surface area contributed by atoms with Crippen molar-refractivity contribution in [2.24, 2.45) is 11.3 Å². The second kappa shape index (κ2) is 5.05. The van der Waals surface area contributed by atoms with Crippen molar-refractivity contribution in [2.75, 3.05) is 0 Å². The number of hydrogen-bond acceptors (Lipinski definition) is 4. The molecule has 0 spiro atoms. The zero-order valence-electron chi connectivity index (χ0n) is 10.0. The lowest BCUT2D eigenvalue weighted by Gasteiger charge is -2.21. The van der Waals surface area contributed by atoms with E-state index in [1.807, 2.05) is 13.1 Å². The number of nitrogens with one attached hydrogen (secondary N) is 1. The van der Waals surface area contributed by atoms with Gasteiger partial charge in [0.25, 0.3) is 0 Å². The molecule has 0 aliphatic heterocycles. The Morgan fingerprint density at radius 2 is 2.20 bits per heavy atom. The van der Waals surface area contributed by atoms with Crippen LogP contribution in [0.3, 0.4) is 0 Å². The molecule has 1 atom stereocenters. The number of nitrogens with zero attached hydrogens (tertiary/aromatic N) is 1. The van der Waals surface area contributed by atoms with Crippen LogP contribution < -0.4 is 11.3 Å². The highest BCUT2D eigenvalue weighted by atomic mass is 32.1. The maximum absolute atomic E-state index is 5.57. The molecule has 0 radical (unpaired) electrons. The van der Waals surface area contributed by atoms with E-state index in [9.17, 15) is 0 Å². The lowest BCUT2D eigenvalue weighted by Crippen LogP contribution is -2.28. The molecule has 0 aromatic carbocycles. The molecule has 15 heavy (non-hydrogen) atoms. The van der Waals surface area contributed by atoms with Crippen molar-refractivity contribution < 1.29 is 0 Å². The van der Waals surface area contributed by atoms with Gasteiger partial charge in [-0.15, -0.1) is 11.3 Å². The van der Waals surface area contributed by atoms with Gasteiger partial charge < -0.3 is 0 Å². The molecule has 3 N–H and O–H groups in total. The first-order valence-electron chi connectivity index (χ1n) is 5.31. The first-order chi connectivity index (χ1) is 6.92. The number of thiazole rings is 1. The van der Waals surface area contributed by atoms with Gasteiger partial charge in [0.1, 0.15) is 0 Å². The molecule has 1 unspecified atom stereocenters. The summed E-state index contributed by atoms with van der Waals surface area (Å²) < 4.78 is 0. The number of aryl methyl sites for hydroxylation is 1. The molecule has 0 amide bonds. The highest BCUT2D eigenvalue weighted by Crippen LogP contribution is 2.29. The zero-order chi connectivity index (χ0) is 11.5. The minimum absolute atomic E-state index is 0.246. The molecule has 1 aromatic rings. The van der Waals surface area contributed by atoms with E-state index in [4.69, 9.17) is 5.84 Å². The van der Waals surface area contributed by atoms with Crippen LogP contribution >= 0.6 is 11.3 Å². The van der Waals surface area contributed by atoms with E-state index >= 15 is 0 Å². The van der Waals surface area contributed by atoms with E-state index < -0.39 is 0 Å². The van der Waals surface area contributed by atoms with Gasteiger partial charge in [0.15, 0.2) is 0 Å². The van der Waals surface area contributed by atoms with Crippen molar-refractivity contribution in [1.82, 2.24) is 10.4 Å². The van der Waals surface area contributed by atoms with Crippen LogP contribution in [0, 0.1) is 12.3 Å². The number of nitrogens with two attached hydrogens (primary N) is 1. The minimum atomic E-state index is 0.246. The summed E-state index contributed by atoms with van der Waals surface area (Å²) in [6.45, 7) is 8.76. The van der Waals surface area contributed by atoms with Gasteiger partial charge in [0.05, 0.1) is 11.0 Å². The van der Waals surface area contributed by atoms with Crippen molar-refractivity contribution in [2.45, 2.75) is 46.6 Å². The highest BCUT2D eigenvalue weighted by molar-refractivity contribution is 7.11. The minimum Gasteiger partial charge on any atom is -0.271 e. The van der Waals surface area contributed by atoms with Crippen LogP contribution in [0.25, 0.3) is 0 Å².